The van der Waals surface area contributed by atoms with Gasteiger partial charge in [0.25, 0.3) is 0 Å². The van der Waals surface area contributed by atoms with Crippen LogP contribution in [0.5, 0.6) is 17.2 Å². The molecule has 0 spiro atoms. The third-order valence-corrected chi connectivity index (χ3v) is 4.33. The molecule has 0 amide bonds. The molecule has 2 aromatic carbocycles. The van der Waals surface area contributed by atoms with Crippen LogP contribution in [0.4, 0.5) is 0 Å². The summed E-state index contributed by atoms with van der Waals surface area (Å²) in [7, 11) is 1.71. The van der Waals surface area contributed by atoms with E-state index in [2.05, 4.69) is 36.5 Å². The Morgan fingerprint density at radius 2 is 1.91 bits per heavy atom. The fourth-order valence-corrected chi connectivity index (χ4v) is 3.30. The molecule has 1 N–H and O–H groups in total. The van der Waals surface area contributed by atoms with E-state index in [9.17, 15) is 0 Å². The van der Waals surface area contributed by atoms with Crippen molar-refractivity contribution in [1.29, 1.82) is 0 Å². The van der Waals surface area contributed by atoms with Crippen molar-refractivity contribution in [2.45, 2.75) is 19.4 Å². The van der Waals surface area contributed by atoms with Gasteiger partial charge in [-0.05, 0) is 59.9 Å². The van der Waals surface area contributed by atoms with Gasteiger partial charge in [-0.1, -0.05) is 6.07 Å². The van der Waals surface area contributed by atoms with Crippen molar-refractivity contribution in [2.75, 3.05) is 20.4 Å². The number of rotatable bonds is 2. The molecule has 4 heteroatoms. The molecule has 4 nitrogen and oxygen atoms in total. The summed E-state index contributed by atoms with van der Waals surface area (Å²) in [5.41, 5.74) is 5.01. The van der Waals surface area contributed by atoms with Crippen molar-refractivity contribution in [3.63, 3.8) is 0 Å². The largest absolute Gasteiger partial charge is 0.497 e. The van der Waals surface area contributed by atoms with E-state index in [0.29, 0.717) is 6.79 Å². The molecule has 0 aliphatic carbocycles. The minimum atomic E-state index is 0.159. The van der Waals surface area contributed by atoms with Gasteiger partial charge in [-0.15, -0.1) is 0 Å². The summed E-state index contributed by atoms with van der Waals surface area (Å²) in [5.74, 6) is 2.60. The maximum Gasteiger partial charge on any atom is 0.231 e. The van der Waals surface area contributed by atoms with Gasteiger partial charge in [-0.2, -0.15) is 0 Å². The van der Waals surface area contributed by atoms with Crippen LogP contribution >= 0.6 is 0 Å². The molecule has 0 fully saturated rings. The Bertz CT molecular complexity index is 727. The van der Waals surface area contributed by atoms with Gasteiger partial charge in [0.05, 0.1) is 13.2 Å². The van der Waals surface area contributed by atoms with Gasteiger partial charge in [0.1, 0.15) is 5.75 Å². The van der Waals surface area contributed by atoms with Gasteiger partial charge >= 0.3 is 0 Å². The van der Waals surface area contributed by atoms with E-state index in [1.165, 1.54) is 22.3 Å². The number of aryl methyl sites for hydroxylation is 1. The van der Waals surface area contributed by atoms with E-state index in [1.54, 1.807) is 7.11 Å². The molecule has 0 saturated heterocycles. The first-order valence-electron chi connectivity index (χ1n) is 7.56. The van der Waals surface area contributed by atoms with Crippen LogP contribution in [0.1, 0.15) is 28.3 Å². The van der Waals surface area contributed by atoms with Crippen LogP contribution in [0.2, 0.25) is 0 Å². The van der Waals surface area contributed by atoms with E-state index >= 15 is 0 Å². The SMILES string of the molecule is COc1cc(C)cc(C2NCCc3cc4c(cc32)OCO4)c1. The first-order chi connectivity index (χ1) is 10.7. The smallest absolute Gasteiger partial charge is 0.231 e. The monoisotopic (exact) mass is 297 g/mol. The molecule has 4 rings (SSSR count). The van der Waals surface area contributed by atoms with Gasteiger partial charge in [-0.3, -0.25) is 0 Å². The quantitative estimate of drug-likeness (QED) is 0.925. The predicted molar refractivity (Wildman–Crippen MR) is 83.8 cm³/mol. The standard InChI is InChI=1S/C18H19NO3/c1-11-5-13(7-14(6-11)20-2)18-15-9-17-16(21-10-22-17)8-12(15)3-4-19-18/h5-9,18-19H,3-4,10H2,1-2H3. The Labute approximate surface area is 130 Å². The van der Waals surface area contributed by atoms with Crippen LogP contribution in [-0.2, 0) is 6.42 Å². The highest BCUT2D eigenvalue weighted by atomic mass is 16.7. The second-order valence-electron chi connectivity index (χ2n) is 5.82. The molecule has 2 heterocycles. The maximum absolute atomic E-state index is 5.54. The Kier molecular flexibility index (Phi) is 3.19. The highest BCUT2D eigenvalue weighted by Gasteiger charge is 2.26. The number of hydrogen-bond donors (Lipinski definition) is 1. The van der Waals surface area contributed by atoms with Crippen LogP contribution < -0.4 is 19.5 Å². The lowest BCUT2D eigenvalue weighted by Gasteiger charge is -2.28. The third kappa shape index (κ3) is 2.20. The van der Waals surface area contributed by atoms with Crippen molar-refractivity contribution in [1.82, 2.24) is 5.32 Å². The number of fused-ring (bicyclic) bond motifs is 2. The van der Waals surface area contributed by atoms with Crippen LogP contribution in [0, 0.1) is 6.92 Å². The lowest BCUT2D eigenvalue weighted by Crippen LogP contribution is -2.30. The lowest BCUT2D eigenvalue weighted by atomic mass is 9.89. The van der Waals surface area contributed by atoms with Crippen molar-refractivity contribution in [3.05, 3.63) is 52.6 Å². The molecule has 2 aromatic rings. The van der Waals surface area contributed by atoms with E-state index in [4.69, 9.17) is 14.2 Å². The molecule has 2 aliphatic heterocycles. The zero-order valence-corrected chi connectivity index (χ0v) is 12.8. The van der Waals surface area contributed by atoms with Crippen LogP contribution in [0.25, 0.3) is 0 Å². The third-order valence-electron chi connectivity index (χ3n) is 4.33. The van der Waals surface area contributed by atoms with Gasteiger partial charge in [0, 0.05) is 6.54 Å². The van der Waals surface area contributed by atoms with Gasteiger partial charge in [0.15, 0.2) is 11.5 Å². The van der Waals surface area contributed by atoms with Gasteiger partial charge < -0.3 is 19.5 Å². The van der Waals surface area contributed by atoms with Crippen molar-refractivity contribution in [3.8, 4) is 17.2 Å². The summed E-state index contributed by atoms with van der Waals surface area (Å²) >= 11 is 0. The van der Waals surface area contributed by atoms with Crippen molar-refractivity contribution >= 4 is 0 Å². The lowest BCUT2D eigenvalue weighted by molar-refractivity contribution is 0.174. The average Bonchev–Trinajstić information content (AvgIpc) is 2.98. The predicted octanol–water partition coefficient (Wildman–Crippen LogP) is 2.97. The first kappa shape index (κ1) is 13.5. The summed E-state index contributed by atoms with van der Waals surface area (Å²) in [5, 5.41) is 3.61. The van der Waals surface area contributed by atoms with Crippen LogP contribution in [0.15, 0.2) is 30.3 Å². The Hall–Kier alpha value is -2.20. The van der Waals surface area contributed by atoms with Crippen molar-refractivity contribution in [2.24, 2.45) is 0 Å². The Morgan fingerprint density at radius 1 is 1.09 bits per heavy atom. The second-order valence-corrected chi connectivity index (χ2v) is 5.82. The summed E-state index contributed by atoms with van der Waals surface area (Å²) in [6, 6.07) is 10.8. The Morgan fingerprint density at radius 3 is 2.73 bits per heavy atom. The minimum Gasteiger partial charge on any atom is -0.497 e. The molecule has 2 aliphatic rings. The van der Waals surface area contributed by atoms with E-state index in [-0.39, 0.29) is 6.04 Å². The fourth-order valence-electron chi connectivity index (χ4n) is 3.30. The molecule has 0 saturated carbocycles. The first-order valence-corrected chi connectivity index (χ1v) is 7.56. The number of benzene rings is 2. The molecular weight excluding hydrogens is 278 g/mol. The topological polar surface area (TPSA) is 39.7 Å². The van der Waals surface area contributed by atoms with Gasteiger partial charge in [0.2, 0.25) is 6.79 Å². The zero-order chi connectivity index (χ0) is 15.1. The molecule has 0 radical (unpaired) electrons. The molecular formula is C18H19NO3. The maximum atomic E-state index is 5.54. The zero-order valence-electron chi connectivity index (χ0n) is 12.8. The number of nitrogens with one attached hydrogen (secondary N) is 1. The van der Waals surface area contributed by atoms with E-state index < -0.39 is 0 Å². The highest BCUT2D eigenvalue weighted by Crippen LogP contribution is 2.40. The van der Waals surface area contributed by atoms with E-state index in [0.717, 1.165) is 30.2 Å². The van der Waals surface area contributed by atoms with Crippen LogP contribution in [0.3, 0.4) is 0 Å². The van der Waals surface area contributed by atoms with Gasteiger partial charge in [-0.25, -0.2) is 0 Å². The van der Waals surface area contributed by atoms with E-state index in [1.807, 2.05) is 6.07 Å². The molecule has 0 bridgehead atoms. The molecule has 1 unspecified atom stereocenters. The van der Waals surface area contributed by atoms with Crippen molar-refractivity contribution < 1.29 is 14.2 Å². The number of ether oxygens (including phenoxy) is 3. The fraction of sp³-hybridized carbons (Fsp3) is 0.333. The van der Waals surface area contributed by atoms with Crippen LogP contribution in [-0.4, -0.2) is 20.4 Å². The number of methoxy groups -OCH3 is 1. The second kappa shape index (κ2) is 5.21. The summed E-state index contributed by atoms with van der Waals surface area (Å²) in [6.45, 7) is 3.36. The summed E-state index contributed by atoms with van der Waals surface area (Å²) in [6.07, 6.45) is 1.01. The molecule has 0 aromatic heterocycles. The minimum absolute atomic E-state index is 0.159. The average molecular weight is 297 g/mol. The Balaban J connectivity index is 1.81. The summed E-state index contributed by atoms with van der Waals surface area (Å²) in [4.78, 5) is 0. The number of hydrogen-bond acceptors (Lipinski definition) is 4. The molecule has 114 valence electrons. The summed E-state index contributed by atoms with van der Waals surface area (Å²) < 4.78 is 16.5. The normalized spacial score (nSPS) is 18.9. The highest BCUT2D eigenvalue weighted by molar-refractivity contribution is 5.53. The molecule has 22 heavy (non-hydrogen) atoms. The molecule has 1 atom stereocenters.